The fourth-order valence-corrected chi connectivity index (χ4v) is 6.86. The minimum absolute atomic E-state index is 0.0696. The van der Waals surface area contributed by atoms with Crippen molar-refractivity contribution in [1.29, 1.82) is 0 Å². The predicted octanol–water partition coefficient (Wildman–Crippen LogP) is 3.42. The Morgan fingerprint density at radius 2 is 1.54 bits per heavy atom. The standard InChI is InChI=1S/C34H54N4O8/c1-10-11-17-22(27(40)29(42)35-18-23(39)45-32(2,3)4)36-28(41)26-24-21(34(24,8)9)19-38(26)30(43)25(20-15-13-12-14-16-20)37-31(44)46-33(5,6)7/h10,20-22,24-26H,1,11-19H2,2-9H3,(H,35,42)(H,36,41)(H,37,44)/t21?,22-,24?,25+,26+/m1/s1. The van der Waals surface area contributed by atoms with Gasteiger partial charge in [-0.05, 0) is 90.4 Å². The molecule has 2 unspecified atom stereocenters. The van der Waals surface area contributed by atoms with Crippen LogP contribution < -0.4 is 16.0 Å². The number of esters is 1. The highest BCUT2D eigenvalue weighted by Gasteiger charge is 2.69. The van der Waals surface area contributed by atoms with Crippen molar-refractivity contribution in [3.05, 3.63) is 12.7 Å². The smallest absolute Gasteiger partial charge is 0.408 e. The molecule has 12 nitrogen and oxygen atoms in total. The number of carbonyl (C=O) groups excluding carboxylic acids is 6. The van der Waals surface area contributed by atoms with Crippen LogP contribution in [0.3, 0.4) is 0 Å². The van der Waals surface area contributed by atoms with E-state index in [-0.39, 0.29) is 35.5 Å². The molecular formula is C34H54N4O8. The number of hydrogen-bond donors (Lipinski definition) is 3. The van der Waals surface area contributed by atoms with Gasteiger partial charge in [0.25, 0.3) is 5.91 Å². The molecule has 3 rings (SSSR count). The molecule has 258 valence electrons. The third-order valence-electron chi connectivity index (χ3n) is 9.15. The zero-order valence-electron chi connectivity index (χ0n) is 28.8. The number of fused-ring (bicyclic) bond motifs is 1. The molecule has 3 aliphatic rings. The third-order valence-corrected chi connectivity index (χ3v) is 9.15. The SMILES string of the molecule is C=CCC[C@@H](NC(=O)[C@@H]1C2C(CN1C(=O)[C@@H](NC(=O)OC(C)(C)C)C1CCCCC1)C2(C)C)C(=O)C(=O)NCC(=O)OC(C)(C)C. The van der Waals surface area contributed by atoms with Crippen LogP contribution in [-0.2, 0) is 33.4 Å². The maximum atomic E-state index is 14.3. The molecule has 46 heavy (non-hydrogen) atoms. The molecular weight excluding hydrogens is 592 g/mol. The van der Waals surface area contributed by atoms with E-state index in [2.05, 4.69) is 22.5 Å². The van der Waals surface area contributed by atoms with Crippen LogP contribution in [0, 0.1) is 23.2 Å². The van der Waals surface area contributed by atoms with E-state index in [1.807, 2.05) is 13.8 Å². The summed E-state index contributed by atoms with van der Waals surface area (Å²) < 4.78 is 10.7. The second-order valence-electron chi connectivity index (χ2n) is 15.5. The Morgan fingerprint density at radius 1 is 0.935 bits per heavy atom. The molecule has 4 amide bonds. The van der Waals surface area contributed by atoms with Crippen LogP contribution in [0.25, 0.3) is 0 Å². The number of piperidine rings is 1. The first-order chi connectivity index (χ1) is 21.3. The van der Waals surface area contributed by atoms with E-state index in [9.17, 15) is 28.8 Å². The molecule has 0 aromatic rings. The normalized spacial score (nSPS) is 23.7. The van der Waals surface area contributed by atoms with Crippen molar-refractivity contribution in [2.24, 2.45) is 23.2 Å². The van der Waals surface area contributed by atoms with Crippen molar-refractivity contribution in [2.75, 3.05) is 13.1 Å². The van der Waals surface area contributed by atoms with E-state index >= 15 is 0 Å². The summed E-state index contributed by atoms with van der Waals surface area (Å²) in [6.07, 6.45) is 5.81. The molecule has 0 bridgehead atoms. The van der Waals surface area contributed by atoms with Crippen LogP contribution >= 0.6 is 0 Å². The number of likely N-dealkylation sites (tertiary alicyclic amines) is 1. The average Bonchev–Trinajstić information content (AvgIpc) is 3.26. The first-order valence-corrected chi connectivity index (χ1v) is 16.5. The van der Waals surface area contributed by atoms with E-state index in [0.717, 1.165) is 32.1 Å². The summed E-state index contributed by atoms with van der Waals surface area (Å²) in [7, 11) is 0. The fourth-order valence-electron chi connectivity index (χ4n) is 6.86. The van der Waals surface area contributed by atoms with Crippen molar-refractivity contribution in [2.45, 2.75) is 130 Å². The van der Waals surface area contributed by atoms with E-state index < -0.39 is 65.5 Å². The third kappa shape index (κ3) is 9.54. The average molecular weight is 647 g/mol. The van der Waals surface area contributed by atoms with E-state index in [0.29, 0.717) is 13.0 Å². The van der Waals surface area contributed by atoms with Crippen LogP contribution in [0.2, 0.25) is 0 Å². The van der Waals surface area contributed by atoms with Crippen molar-refractivity contribution in [3.63, 3.8) is 0 Å². The lowest BCUT2D eigenvalue weighted by atomic mass is 9.83. The van der Waals surface area contributed by atoms with Gasteiger partial charge in [-0.25, -0.2) is 4.79 Å². The number of alkyl carbamates (subject to hydrolysis) is 1. The fraction of sp³-hybridized carbons (Fsp3) is 0.765. The van der Waals surface area contributed by atoms with Gasteiger partial charge >= 0.3 is 12.1 Å². The first-order valence-electron chi connectivity index (χ1n) is 16.5. The molecule has 3 fully saturated rings. The summed E-state index contributed by atoms with van der Waals surface area (Å²) in [5.74, 6) is -3.69. The summed E-state index contributed by atoms with van der Waals surface area (Å²) in [4.78, 5) is 80.8. The number of ketones is 1. The van der Waals surface area contributed by atoms with Crippen LogP contribution in [0.5, 0.6) is 0 Å². The van der Waals surface area contributed by atoms with Gasteiger partial charge in [0.15, 0.2) is 0 Å². The molecule has 1 saturated heterocycles. The Bertz CT molecular complexity index is 1190. The molecule has 5 atom stereocenters. The van der Waals surface area contributed by atoms with Crippen LogP contribution in [0.1, 0.15) is 100 Å². The molecule has 0 spiro atoms. The van der Waals surface area contributed by atoms with E-state index in [1.165, 1.54) is 0 Å². The van der Waals surface area contributed by atoms with Crippen molar-refractivity contribution in [1.82, 2.24) is 20.9 Å². The molecule has 2 saturated carbocycles. The van der Waals surface area contributed by atoms with E-state index in [4.69, 9.17) is 9.47 Å². The number of ether oxygens (including phenoxy) is 2. The van der Waals surface area contributed by atoms with Gasteiger partial charge in [-0.3, -0.25) is 24.0 Å². The highest BCUT2D eigenvalue weighted by molar-refractivity contribution is 6.38. The molecule has 0 aromatic carbocycles. The van der Waals surface area contributed by atoms with Crippen LogP contribution in [0.4, 0.5) is 4.79 Å². The predicted molar refractivity (Wildman–Crippen MR) is 171 cm³/mol. The van der Waals surface area contributed by atoms with E-state index in [1.54, 1.807) is 52.5 Å². The summed E-state index contributed by atoms with van der Waals surface area (Å²) in [6, 6.07) is -2.94. The number of nitrogens with zero attached hydrogens (tertiary/aromatic N) is 1. The number of allylic oxidation sites excluding steroid dienone is 1. The maximum absolute atomic E-state index is 14.3. The van der Waals surface area contributed by atoms with Gasteiger partial charge < -0.3 is 30.3 Å². The minimum Gasteiger partial charge on any atom is -0.459 e. The van der Waals surface area contributed by atoms with Gasteiger partial charge in [-0.2, -0.15) is 0 Å². The van der Waals surface area contributed by atoms with Crippen LogP contribution in [-0.4, -0.2) is 82.9 Å². The number of amides is 4. The number of rotatable bonds is 12. The Balaban J connectivity index is 1.80. The number of carbonyl (C=O) groups is 6. The lowest BCUT2D eigenvalue weighted by Gasteiger charge is -2.37. The lowest BCUT2D eigenvalue weighted by Crippen LogP contribution is -2.60. The Labute approximate surface area is 273 Å². The summed E-state index contributed by atoms with van der Waals surface area (Å²) in [5, 5.41) is 7.87. The summed E-state index contributed by atoms with van der Waals surface area (Å²) >= 11 is 0. The number of Topliss-reactive ketones (excluding diaryl/α,β-unsaturated/α-hetero) is 1. The zero-order valence-corrected chi connectivity index (χ0v) is 28.8. The molecule has 0 aromatic heterocycles. The quantitative estimate of drug-likeness (QED) is 0.165. The molecule has 1 aliphatic heterocycles. The largest absolute Gasteiger partial charge is 0.459 e. The van der Waals surface area contributed by atoms with Gasteiger partial charge in [0.2, 0.25) is 17.6 Å². The summed E-state index contributed by atoms with van der Waals surface area (Å²) in [6.45, 7) is 17.9. The van der Waals surface area contributed by atoms with Gasteiger partial charge in [0, 0.05) is 6.54 Å². The first kappa shape index (κ1) is 37.0. The van der Waals surface area contributed by atoms with Gasteiger partial charge in [-0.15, -0.1) is 6.58 Å². The molecule has 0 radical (unpaired) electrons. The molecule has 2 aliphatic carbocycles. The summed E-state index contributed by atoms with van der Waals surface area (Å²) in [5.41, 5.74) is -1.72. The minimum atomic E-state index is -1.20. The number of hydrogen-bond acceptors (Lipinski definition) is 8. The van der Waals surface area contributed by atoms with Crippen molar-refractivity contribution < 1.29 is 38.2 Å². The zero-order chi connectivity index (χ0) is 34.6. The molecule has 3 N–H and O–H groups in total. The highest BCUT2D eigenvalue weighted by Crippen LogP contribution is 2.65. The topological polar surface area (TPSA) is 160 Å². The molecule has 1 heterocycles. The maximum Gasteiger partial charge on any atom is 0.408 e. The lowest BCUT2D eigenvalue weighted by molar-refractivity contribution is -0.155. The Hall–Kier alpha value is -3.44. The second-order valence-corrected chi connectivity index (χ2v) is 15.5. The van der Waals surface area contributed by atoms with Crippen molar-refractivity contribution in [3.8, 4) is 0 Å². The molecule has 12 heteroatoms. The van der Waals surface area contributed by atoms with Gasteiger partial charge in [0.1, 0.15) is 29.8 Å². The van der Waals surface area contributed by atoms with Gasteiger partial charge in [0.05, 0.1) is 6.04 Å². The van der Waals surface area contributed by atoms with Gasteiger partial charge in [-0.1, -0.05) is 39.2 Å². The van der Waals surface area contributed by atoms with Crippen molar-refractivity contribution >= 4 is 35.6 Å². The Morgan fingerprint density at radius 3 is 2.11 bits per heavy atom. The second kappa shape index (κ2) is 14.5. The monoisotopic (exact) mass is 646 g/mol. The number of nitrogens with one attached hydrogen (secondary N) is 3. The highest BCUT2D eigenvalue weighted by atomic mass is 16.6. The van der Waals surface area contributed by atoms with Crippen LogP contribution in [0.15, 0.2) is 12.7 Å². The Kier molecular flexibility index (Phi) is 11.7.